The largest absolute Gasteiger partial charge is 0.495 e. The molecule has 0 aliphatic rings. The zero-order valence-corrected chi connectivity index (χ0v) is 16.3. The molecule has 0 fully saturated rings. The highest BCUT2D eigenvalue weighted by molar-refractivity contribution is 6.09. The lowest BCUT2D eigenvalue weighted by atomic mass is 10.1. The number of nitrogens with one attached hydrogen (secondary N) is 1. The van der Waals surface area contributed by atoms with Gasteiger partial charge in [0.25, 0.3) is 5.91 Å². The summed E-state index contributed by atoms with van der Waals surface area (Å²) in [5.74, 6) is 0.780. The van der Waals surface area contributed by atoms with Gasteiger partial charge < -0.3 is 19.2 Å². The van der Waals surface area contributed by atoms with Crippen molar-refractivity contribution >= 4 is 29.7 Å². The summed E-state index contributed by atoms with van der Waals surface area (Å²) >= 11 is 0. The number of carbonyl (C=O) groups is 1. The standard InChI is InChI=1S/C21H22N4O3/c1-13-10-14(2)25-9-8-16(20(25)23-13)21(26)24-17-7-6-15(11-18(17)27-4)19(28-5)12-22-3/h6-12H,3H2,1-2,4-5H3,(H,24,26)/b19-12-. The predicted molar refractivity (Wildman–Crippen MR) is 110 cm³/mol. The summed E-state index contributed by atoms with van der Waals surface area (Å²) in [5, 5.41) is 2.90. The Morgan fingerprint density at radius 2 is 2.04 bits per heavy atom. The number of anilines is 1. The SMILES string of the molecule is C=N/C=C(\OC)c1ccc(NC(=O)c2ccn3c(C)cc(C)nc23)c(OC)c1. The van der Waals surface area contributed by atoms with Gasteiger partial charge in [-0.2, -0.15) is 0 Å². The number of fused-ring (bicyclic) bond motifs is 1. The van der Waals surface area contributed by atoms with E-state index in [2.05, 4.69) is 22.0 Å². The lowest BCUT2D eigenvalue weighted by Crippen LogP contribution is -2.13. The maximum Gasteiger partial charge on any atom is 0.259 e. The molecule has 7 nitrogen and oxygen atoms in total. The van der Waals surface area contributed by atoms with E-state index in [4.69, 9.17) is 9.47 Å². The Balaban J connectivity index is 1.94. The van der Waals surface area contributed by atoms with Gasteiger partial charge in [0.05, 0.1) is 31.7 Å². The normalized spacial score (nSPS) is 11.4. The molecular weight excluding hydrogens is 356 g/mol. The van der Waals surface area contributed by atoms with Crippen LogP contribution < -0.4 is 10.1 Å². The molecule has 1 amide bonds. The summed E-state index contributed by atoms with van der Waals surface area (Å²) in [6, 6.07) is 9.05. The van der Waals surface area contributed by atoms with Crippen LogP contribution in [0.3, 0.4) is 0 Å². The second kappa shape index (κ2) is 7.96. The molecule has 0 radical (unpaired) electrons. The van der Waals surface area contributed by atoms with Crippen LogP contribution in [0.4, 0.5) is 5.69 Å². The van der Waals surface area contributed by atoms with Gasteiger partial charge in [-0.25, -0.2) is 4.98 Å². The highest BCUT2D eigenvalue weighted by Crippen LogP contribution is 2.30. The Labute approximate surface area is 163 Å². The fourth-order valence-electron chi connectivity index (χ4n) is 3.04. The third kappa shape index (κ3) is 3.59. The van der Waals surface area contributed by atoms with Gasteiger partial charge in [0.15, 0.2) is 0 Å². The second-order valence-electron chi connectivity index (χ2n) is 6.21. The molecule has 3 aromatic rings. The molecule has 2 aromatic heterocycles. The molecule has 0 bridgehead atoms. The van der Waals surface area contributed by atoms with Crippen LogP contribution in [0.15, 0.2) is 47.7 Å². The highest BCUT2D eigenvalue weighted by atomic mass is 16.5. The van der Waals surface area contributed by atoms with Crippen molar-refractivity contribution in [2.45, 2.75) is 13.8 Å². The Hall–Kier alpha value is -3.61. The average Bonchev–Trinajstić information content (AvgIpc) is 3.10. The minimum absolute atomic E-state index is 0.263. The Kier molecular flexibility index (Phi) is 5.44. The van der Waals surface area contributed by atoms with Crippen LogP contribution in [-0.2, 0) is 4.74 Å². The number of aryl methyl sites for hydroxylation is 2. The first-order chi connectivity index (χ1) is 13.5. The Bertz CT molecular complexity index is 1080. The van der Waals surface area contributed by atoms with Crippen LogP contribution in [0.25, 0.3) is 11.4 Å². The van der Waals surface area contributed by atoms with E-state index >= 15 is 0 Å². The van der Waals surface area contributed by atoms with Crippen molar-refractivity contribution in [3.8, 4) is 5.75 Å². The van der Waals surface area contributed by atoms with Gasteiger partial charge in [-0.1, -0.05) is 0 Å². The number of hydrogen-bond donors (Lipinski definition) is 1. The van der Waals surface area contributed by atoms with Crippen LogP contribution in [0.5, 0.6) is 5.75 Å². The molecule has 0 aliphatic carbocycles. The second-order valence-corrected chi connectivity index (χ2v) is 6.21. The predicted octanol–water partition coefficient (Wildman–Crippen LogP) is 3.86. The van der Waals surface area contributed by atoms with Crippen LogP contribution >= 0.6 is 0 Å². The van der Waals surface area contributed by atoms with Crippen molar-refractivity contribution in [3.63, 3.8) is 0 Å². The molecule has 0 atom stereocenters. The molecule has 0 spiro atoms. The molecule has 3 rings (SSSR count). The molecule has 28 heavy (non-hydrogen) atoms. The van der Waals surface area contributed by atoms with Gasteiger partial charge in [0, 0.05) is 23.1 Å². The van der Waals surface area contributed by atoms with Crippen LogP contribution in [0.2, 0.25) is 0 Å². The zero-order chi connectivity index (χ0) is 20.3. The van der Waals surface area contributed by atoms with E-state index in [1.165, 1.54) is 6.20 Å². The fraction of sp³-hybridized carbons (Fsp3) is 0.190. The van der Waals surface area contributed by atoms with E-state index < -0.39 is 0 Å². The summed E-state index contributed by atoms with van der Waals surface area (Å²) in [7, 11) is 3.09. The van der Waals surface area contributed by atoms with Gasteiger partial charge in [-0.3, -0.25) is 9.79 Å². The fourth-order valence-corrected chi connectivity index (χ4v) is 3.04. The van der Waals surface area contributed by atoms with E-state index in [0.717, 1.165) is 17.0 Å². The van der Waals surface area contributed by atoms with E-state index in [1.54, 1.807) is 32.4 Å². The lowest BCUT2D eigenvalue weighted by molar-refractivity contribution is 0.102. The number of ether oxygens (including phenoxy) is 2. The summed E-state index contributed by atoms with van der Waals surface area (Å²) in [4.78, 5) is 21.1. The third-order valence-electron chi connectivity index (χ3n) is 4.35. The molecule has 1 aromatic carbocycles. The number of amides is 1. The topological polar surface area (TPSA) is 77.2 Å². The van der Waals surface area contributed by atoms with Crippen molar-refractivity contribution in [3.05, 3.63) is 65.2 Å². The van der Waals surface area contributed by atoms with E-state index in [1.807, 2.05) is 36.6 Å². The molecule has 1 N–H and O–H groups in total. The number of hydrogen-bond acceptors (Lipinski definition) is 5. The van der Waals surface area contributed by atoms with Crippen molar-refractivity contribution < 1.29 is 14.3 Å². The first-order valence-electron chi connectivity index (χ1n) is 8.63. The Morgan fingerprint density at radius 3 is 2.71 bits per heavy atom. The molecule has 0 saturated carbocycles. The number of nitrogens with zero attached hydrogens (tertiary/aromatic N) is 3. The number of aliphatic imine (C=N–C) groups is 1. The number of rotatable bonds is 6. The quantitative estimate of drug-likeness (QED) is 0.522. The number of aromatic nitrogens is 2. The number of methoxy groups -OCH3 is 2. The molecule has 0 unspecified atom stereocenters. The van der Waals surface area contributed by atoms with Crippen molar-refractivity contribution in [1.29, 1.82) is 0 Å². The summed E-state index contributed by atoms with van der Waals surface area (Å²) < 4.78 is 12.6. The lowest BCUT2D eigenvalue weighted by Gasteiger charge is -2.13. The van der Waals surface area contributed by atoms with Gasteiger partial charge in [0.2, 0.25) is 0 Å². The average molecular weight is 378 g/mol. The summed E-state index contributed by atoms with van der Waals surface area (Å²) in [6.07, 6.45) is 3.35. The van der Waals surface area contributed by atoms with Gasteiger partial charge >= 0.3 is 0 Å². The van der Waals surface area contributed by atoms with Crippen molar-refractivity contribution in [1.82, 2.24) is 9.38 Å². The molecule has 7 heteroatoms. The highest BCUT2D eigenvalue weighted by Gasteiger charge is 2.17. The summed E-state index contributed by atoms with van der Waals surface area (Å²) in [5.41, 5.74) is 4.28. The molecule has 144 valence electrons. The zero-order valence-electron chi connectivity index (χ0n) is 16.3. The van der Waals surface area contributed by atoms with Gasteiger partial charge in [0.1, 0.15) is 17.2 Å². The van der Waals surface area contributed by atoms with Crippen LogP contribution in [0, 0.1) is 13.8 Å². The molecular formula is C21H22N4O3. The smallest absolute Gasteiger partial charge is 0.259 e. The van der Waals surface area contributed by atoms with Gasteiger partial charge in [-0.15, -0.1) is 0 Å². The maximum absolute atomic E-state index is 12.9. The van der Waals surface area contributed by atoms with Crippen LogP contribution in [-0.4, -0.2) is 36.2 Å². The number of carbonyl (C=O) groups excluding carboxylic acids is 1. The monoisotopic (exact) mass is 378 g/mol. The minimum Gasteiger partial charge on any atom is -0.495 e. The molecule has 2 heterocycles. The number of benzene rings is 1. The third-order valence-corrected chi connectivity index (χ3v) is 4.35. The Morgan fingerprint density at radius 1 is 1.25 bits per heavy atom. The summed E-state index contributed by atoms with van der Waals surface area (Å²) in [6.45, 7) is 7.32. The molecule has 0 saturated heterocycles. The van der Waals surface area contributed by atoms with Crippen molar-refractivity contribution in [2.24, 2.45) is 4.99 Å². The van der Waals surface area contributed by atoms with Gasteiger partial charge in [-0.05, 0) is 50.9 Å². The minimum atomic E-state index is -0.263. The first-order valence-corrected chi connectivity index (χ1v) is 8.63. The van der Waals surface area contributed by atoms with Crippen LogP contribution in [0.1, 0.15) is 27.3 Å². The maximum atomic E-state index is 12.9. The molecule has 0 aliphatic heterocycles. The van der Waals surface area contributed by atoms with E-state index in [0.29, 0.717) is 28.4 Å². The van der Waals surface area contributed by atoms with E-state index in [-0.39, 0.29) is 5.91 Å². The van der Waals surface area contributed by atoms with Crippen molar-refractivity contribution in [2.75, 3.05) is 19.5 Å². The van der Waals surface area contributed by atoms with E-state index in [9.17, 15) is 4.79 Å². The first kappa shape index (κ1) is 19.2.